The lowest BCUT2D eigenvalue weighted by Gasteiger charge is -2.31. The lowest BCUT2D eigenvalue weighted by atomic mass is 9.87. The quantitative estimate of drug-likeness (QED) is 0.784. The van der Waals surface area contributed by atoms with E-state index in [-0.39, 0.29) is 29.7 Å². The lowest BCUT2D eigenvalue weighted by Crippen LogP contribution is -2.38. The van der Waals surface area contributed by atoms with Crippen LogP contribution >= 0.6 is 0 Å². The molecule has 1 aromatic carbocycles. The van der Waals surface area contributed by atoms with Gasteiger partial charge in [-0.25, -0.2) is 0 Å². The Bertz CT molecular complexity index is 886. The molecule has 0 spiro atoms. The van der Waals surface area contributed by atoms with E-state index in [1.54, 1.807) is 19.4 Å². The molecule has 4 rings (SSSR count). The first kappa shape index (κ1) is 19.6. The Balaban J connectivity index is 1.59. The Morgan fingerprint density at radius 2 is 1.90 bits per heavy atom. The number of carbonyl (C=O) groups excluding carboxylic acids is 2. The highest BCUT2D eigenvalue weighted by molar-refractivity contribution is 5.92. The lowest BCUT2D eigenvalue weighted by molar-refractivity contribution is -0.133. The van der Waals surface area contributed by atoms with Crippen molar-refractivity contribution in [2.75, 3.05) is 33.4 Å². The molecule has 6 nitrogen and oxygen atoms in total. The number of aryl methyl sites for hydroxylation is 1. The fourth-order valence-corrected chi connectivity index (χ4v) is 4.77. The summed E-state index contributed by atoms with van der Waals surface area (Å²) in [4.78, 5) is 34.0. The third-order valence-electron chi connectivity index (χ3n) is 6.18. The number of rotatable bonds is 5. The molecule has 1 aromatic heterocycles. The summed E-state index contributed by atoms with van der Waals surface area (Å²) in [5, 5.41) is 0. The zero-order valence-electron chi connectivity index (χ0n) is 17.0. The summed E-state index contributed by atoms with van der Waals surface area (Å²) in [6.07, 6.45) is 2.03. The molecule has 152 valence electrons. The number of ether oxygens (including phenoxy) is 1. The van der Waals surface area contributed by atoms with Crippen molar-refractivity contribution < 1.29 is 14.3 Å². The zero-order chi connectivity index (χ0) is 20.4. The molecule has 2 amide bonds. The van der Waals surface area contributed by atoms with Crippen LogP contribution in [0.5, 0.6) is 0 Å². The number of likely N-dealkylation sites (tertiary alicyclic amines) is 2. The molecule has 29 heavy (non-hydrogen) atoms. The van der Waals surface area contributed by atoms with E-state index in [1.807, 2.05) is 34.1 Å². The van der Waals surface area contributed by atoms with Gasteiger partial charge in [0.05, 0.1) is 19.1 Å². The second-order valence-electron chi connectivity index (χ2n) is 7.94. The molecule has 0 radical (unpaired) electrons. The Hall–Kier alpha value is -2.73. The second-order valence-corrected chi connectivity index (χ2v) is 7.94. The van der Waals surface area contributed by atoms with E-state index >= 15 is 0 Å². The van der Waals surface area contributed by atoms with E-state index in [2.05, 4.69) is 24.0 Å². The van der Waals surface area contributed by atoms with E-state index in [4.69, 9.17) is 4.74 Å². The van der Waals surface area contributed by atoms with E-state index in [0.717, 1.165) is 0 Å². The summed E-state index contributed by atoms with van der Waals surface area (Å²) in [7, 11) is 1.62. The van der Waals surface area contributed by atoms with Crippen LogP contribution in [-0.2, 0) is 9.53 Å². The van der Waals surface area contributed by atoms with Gasteiger partial charge >= 0.3 is 0 Å². The highest BCUT2D eigenvalue weighted by Crippen LogP contribution is 2.46. The van der Waals surface area contributed by atoms with Crippen LogP contribution in [0, 0.1) is 18.8 Å². The van der Waals surface area contributed by atoms with Crippen LogP contribution < -0.4 is 0 Å². The van der Waals surface area contributed by atoms with Crippen molar-refractivity contribution in [3.8, 4) is 0 Å². The summed E-state index contributed by atoms with van der Waals surface area (Å²) < 4.78 is 5.12. The predicted molar refractivity (Wildman–Crippen MR) is 109 cm³/mol. The number of carbonyl (C=O) groups is 2. The van der Waals surface area contributed by atoms with Gasteiger partial charge in [-0.05, 0) is 30.2 Å². The minimum absolute atomic E-state index is 0.00733. The number of amides is 2. The van der Waals surface area contributed by atoms with E-state index in [9.17, 15) is 9.59 Å². The summed E-state index contributed by atoms with van der Waals surface area (Å²) in [5.74, 6) is 0.604. The van der Waals surface area contributed by atoms with Crippen LogP contribution in [0.1, 0.15) is 34.1 Å². The highest BCUT2D eigenvalue weighted by atomic mass is 16.5. The average molecular weight is 393 g/mol. The van der Waals surface area contributed by atoms with Crippen LogP contribution in [0.3, 0.4) is 0 Å². The Kier molecular flexibility index (Phi) is 5.62. The maximum Gasteiger partial charge on any atom is 0.272 e. The molecule has 3 heterocycles. The minimum Gasteiger partial charge on any atom is -0.384 e. The molecule has 0 aliphatic carbocycles. The second kappa shape index (κ2) is 8.33. The fourth-order valence-electron chi connectivity index (χ4n) is 4.77. The summed E-state index contributed by atoms with van der Waals surface area (Å²) >= 11 is 0. The normalized spacial score (nSPS) is 23.3. The zero-order valence-corrected chi connectivity index (χ0v) is 17.0. The van der Waals surface area contributed by atoms with Crippen molar-refractivity contribution >= 4 is 11.8 Å². The fraction of sp³-hybridized carbons (Fsp3) is 0.435. The molecule has 0 saturated carbocycles. The third kappa shape index (κ3) is 3.77. The van der Waals surface area contributed by atoms with Crippen LogP contribution in [0.4, 0.5) is 0 Å². The molecule has 6 heteroatoms. The monoisotopic (exact) mass is 393 g/mol. The molecule has 2 fully saturated rings. The number of hydrogen-bond donors (Lipinski definition) is 0. The minimum atomic E-state index is -0.0270. The first-order valence-electron chi connectivity index (χ1n) is 10.1. The van der Waals surface area contributed by atoms with Gasteiger partial charge in [0, 0.05) is 44.8 Å². The maximum atomic E-state index is 12.9. The van der Waals surface area contributed by atoms with Gasteiger partial charge in [0.25, 0.3) is 5.91 Å². The average Bonchev–Trinajstić information content (AvgIpc) is 3.31. The first-order chi connectivity index (χ1) is 14.1. The van der Waals surface area contributed by atoms with Gasteiger partial charge in [-0.1, -0.05) is 30.3 Å². The number of hydrogen-bond acceptors (Lipinski definition) is 4. The summed E-state index contributed by atoms with van der Waals surface area (Å²) in [6.45, 7) is 4.50. The standard InChI is InChI=1S/C23H27N3O3/c1-16-7-3-4-8-18(16)22-19-15-25(23(28)20-9-5-6-11-24-20)13-17(19)14-26(22)21(27)10-12-29-2/h3-9,11,17,19,22H,10,12-15H2,1-2H3/t17-,19-,22+/m0/s1. The van der Waals surface area contributed by atoms with Gasteiger partial charge in [-0.2, -0.15) is 0 Å². The predicted octanol–water partition coefficient (Wildman–Crippen LogP) is 2.70. The van der Waals surface area contributed by atoms with Crippen molar-refractivity contribution in [2.24, 2.45) is 11.8 Å². The number of benzene rings is 1. The Labute approximate surface area is 171 Å². The van der Waals surface area contributed by atoms with Crippen LogP contribution in [0.15, 0.2) is 48.7 Å². The van der Waals surface area contributed by atoms with Crippen molar-refractivity contribution in [1.29, 1.82) is 0 Å². The van der Waals surface area contributed by atoms with Gasteiger partial charge in [-0.15, -0.1) is 0 Å². The van der Waals surface area contributed by atoms with Crippen LogP contribution in [0.2, 0.25) is 0 Å². The van der Waals surface area contributed by atoms with Crippen molar-refractivity contribution in [3.05, 3.63) is 65.5 Å². The van der Waals surface area contributed by atoms with E-state index < -0.39 is 0 Å². The summed E-state index contributed by atoms with van der Waals surface area (Å²) in [6, 6.07) is 13.7. The molecule has 2 saturated heterocycles. The van der Waals surface area contributed by atoms with Gasteiger partial charge in [0.15, 0.2) is 0 Å². The molecule has 2 aliphatic heterocycles. The topological polar surface area (TPSA) is 62.7 Å². The van der Waals surface area contributed by atoms with Crippen LogP contribution in [-0.4, -0.2) is 59.9 Å². The third-order valence-corrected chi connectivity index (χ3v) is 6.18. The highest BCUT2D eigenvalue weighted by Gasteiger charge is 2.50. The maximum absolute atomic E-state index is 12.9. The van der Waals surface area contributed by atoms with Crippen LogP contribution in [0.25, 0.3) is 0 Å². The molecule has 2 aromatic rings. The number of nitrogens with zero attached hydrogens (tertiary/aromatic N) is 3. The molecule has 3 atom stereocenters. The Morgan fingerprint density at radius 1 is 1.10 bits per heavy atom. The molecular formula is C23H27N3O3. The number of pyridine rings is 1. The SMILES string of the molecule is COCCC(=O)N1C[C@@H]2CN(C(=O)c3ccccn3)C[C@@H]2[C@H]1c1ccccc1C. The smallest absolute Gasteiger partial charge is 0.272 e. The van der Waals surface area contributed by atoms with Gasteiger partial charge in [0.2, 0.25) is 5.91 Å². The first-order valence-corrected chi connectivity index (χ1v) is 10.1. The van der Waals surface area contributed by atoms with Crippen molar-refractivity contribution in [2.45, 2.75) is 19.4 Å². The molecule has 0 unspecified atom stereocenters. The molecule has 0 bridgehead atoms. The molecule has 0 N–H and O–H groups in total. The van der Waals surface area contributed by atoms with Gasteiger partial charge in [0.1, 0.15) is 5.69 Å². The molecular weight excluding hydrogens is 366 g/mol. The number of aromatic nitrogens is 1. The van der Waals surface area contributed by atoms with Crippen molar-refractivity contribution in [1.82, 2.24) is 14.8 Å². The number of fused-ring (bicyclic) bond motifs is 1. The van der Waals surface area contributed by atoms with Gasteiger partial charge in [-0.3, -0.25) is 14.6 Å². The van der Waals surface area contributed by atoms with Gasteiger partial charge < -0.3 is 14.5 Å². The Morgan fingerprint density at radius 3 is 2.62 bits per heavy atom. The van der Waals surface area contributed by atoms with E-state index in [0.29, 0.717) is 38.4 Å². The summed E-state index contributed by atoms with van der Waals surface area (Å²) in [5.41, 5.74) is 2.84. The van der Waals surface area contributed by atoms with Crippen molar-refractivity contribution in [3.63, 3.8) is 0 Å². The molecule has 2 aliphatic rings. The number of methoxy groups -OCH3 is 1. The largest absolute Gasteiger partial charge is 0.384 e. The van der Waals surface area contributed by atoms with E-state index in [1.165, 1.54) is 11.1 Å².